The standard InChI is InChI=1S/C19H32N4O3/c1-6-25-19(24)23-16(11-13(2)3)12-21-18(20)22-15-7-9-17(10-8-15)26-14(4)5/h7-10,13-14,16H,6,11-12H2,1-5H3,(H,23,24)(H3,20,21,22). The van der Waals surface area contributed by atoms with Gasteiger partial charge in [-0.25, -0.2) is 4.79 Å². The number of rotatable bonds is 9. The van der Waals surface area contributed by atoms with Gasteiger partial charge in [0.15, 0.2) is 5.96 Å². The highest BCUT2D eigenvalue weighted by Crippen LogP contribution is 2.16. The molecule has 146 valence electrons. The summed E-state index contributed by atoms with van der Waals surface area (Å²) in [5.74, 6) is 1.51. The van der Waals surface area contributed by atoms with E-state index in [4.69, 9.17) is 15.2 Å². The number of alkyl carbamates (subject to hydrolysis) is 1. The fourth-order valence-corrected chi connectivity index (χ4v) is 2.37. The maximum atomic E-state index is 11.6. The number of hydrogen-bond acceptors (Lipinski definition) is 4. The molecule has 0 saturated heterocycles. The second kappa shape index (κ2) is 11.2. The molecule has 0 spiro atoms. The number of aliphatic imine (C=N–C) groups is 1. The lowest BCUT2D eigenvalue weighted by atomic mass is 10.0. The van der Waals surface area contributed by atoms with Crippen LogP contribution >= 0.6 is 0 Å². The van der Waals surface area contributed by atoms with Gasteiger partial charge in [0.2, 0.25) is 0 Å². The zero-order valence-corrected chi connectivity index (χ0v) is 16.4. The second-order valence-corrected chi connectivity index (χ2v) is 6.73. The first kappa shape index (κ1) is 21.6. The van der Waals surface area contributed by atoms with Gasteiger partial charge >= 0.3 is 6.09 Å². The van der Waals surface area contributed by atoms with E-state index in [1.165, 1.54) is 0 Å². The molecule has 0 aromatic heterocycles. The summed E-state index contributed by atoms with van der Waals surface area (Å²) in [6.45, 7) is 10.6. The van der Waals surface area contributed by atoms with Crippen molar-refractivity contribution in [2.45, 2.75) is 53.2 Å². The monoisotopic (exact) mass is 364 g/mol. The molecular formula is C19H32N4O3. The van der Waals surface area contributed by atoms with Crippen LogP contribution in [0.25, 0.3) is 0 Å². The number of nitrogens with one attached hydrogen (secondary N) is 2. The predicted molar refractivity (Wildman–Crippen MR) is 106 cm³/mol. The van der Waals surface area contributed by atoms with Crippen molar-refractivity contribution in [3.8, 4) is 5.75 Å². The van der Waals surface area contributed by atoms with Crippen molar-refractivity contribution in [3.05, 3.63) is 24.3 Å². The van der Waals surface area contributed by atoms with E-state index in [1.54, 1.807) is 6.92 Å². The van der Waals surface area contributed by atoms with Crippen LogP contribution in [0.4, 0.5) is 10.5 Å². The lowest BCUT2D eigenvalue weighted by Gasteiger charge is -2.19. The molecule has 0 aliphatic carbocycles. The predicted octanol–water partition coefficient (Wildman–Crippen LogP) is 3.36. The molecule has 0 radical (unpaired) electrons. The summed E-state index contributed by atoms with van der Waals surface area (Å²) >= 11 is 0. The lowest BCUT2D eigenvalue weighted by molar-refractivity contribution is 0.147. The maximum absolute atomic E-state index is 11.6. The molecule has 0 fully saturated rings. The Balaban J connectivity index is 2.61. The summed E-state index contributed by atoms with van der Waals surface area (Å²) < 4.78 is 10.5. The Bertz CT molecular complexity index is 571. The summed E-state index contributed by atoms with van der Waals surface area (Å²) in [6.07, 6.45) is 0.488. The normalized spacial score (nSPS) is 12.8. The number of amides is 1. The van der Waals surface area contributed by atoms with Crippen LogP contribution in [0.15, 0.2) is 29.3 Å². The smallest absolute Gasteiger partial charge is 0.407 e. The average Bonchev–Trinajstić information content (AvgIpc) is 2.54. The molecule has 1 unspecified atom stereocenters. The van der Waals surface area contributed by atoms with Crippen molar-refractivity contribution in [3.63, 3.8) is 0 Å². The van der Waals surface area contributed by atoms with Gasteiger partial charge in [0.05, 0.1) is 25.3 Å². The van der Waals surface area contributed by atoms with Crippen molar-refractivity contribution in [2.75, 3.05) is 18.5 Å². The van der Waals surface area contributed by atoms with Gasteiger partial charge in [0, 0.05) is 5.69 Å². The summed E-state index contributed by atoms with van der Waals surface area (Å²) in [5.41, 5.74) is 6.78. The number of anilines is 1. The van der Waals surface area contributed by atoms with Crippen molar-refractivity contribution in [1.29, 1.82) is 0 Å². The zero-order chi connectivity index (χ0) is 19.5. The van der Waals surface area contributed by atoms with Gasteiger partial charge in [-0.15, -0.1) is 0 Å². The number of carbonyl (C=O) groups excluding carboxylic acids is 1. The van der Waals surface area contributed by atoms with Gasteiger partial charge in [0.1, 0.15) is 5.75 Å². The van der Waals surface area contributed by atoms with Crippen molar-refractivity contribution < 1.29 is 14.3 Å². The molecule has 7 nitrogen and oxygen atoms in total. The topological polar surface area (TPSA) is 98.0 Å². The average molecular weight is 364 g/mol. The largest absolute Gasteiger partial charge is 0.491 e. The first-order chi connectivity index (χ1) is 12.3. The third-order valence-electron chi connectivity index (χ3n) is 3.33. The number of ether oxygens (including phenoxy) is 2. The van der Waals surface area contributed by atoms with Gasteiger partial charge in [-0.1, -0.05) is 13.8 Å². The highest BCUT2D eigenvalue weighted by Gasteiger charge is 2.14. The fraction of sp³-hybridized carbons (Fsp3) is 0.579. The van der Waals surface area contributed by atoms with E-state index >= 15 is 0 Å². The van der Waals surface area contributed by atoms with E-state index in [2.05, 4.69) is 29.5 Å². The maximum Gasteiger partial charge on any atom is 0.407 e. The molecule has 1 aromatic rings. The first-order valence-corrected chi connectivity index (χ1v) is 9.07. The van der Waals surface area contributed by atoms with Crippen LogP contribution in [-0.4, -0.2) is 37.4 Å². The molecular weight excluding hydrogens is 332 g/mol. The van der Waals surface area contributed by atoms with Crippen LogP contribution in [0.1, 0.15) is 41.0 Å². The van der Waals surface area contributed by atoms with Gasteiger partial charge < -0.3 is 25.8 Å². The lowest BCUT2D eigenvalue weighted by Crippen LogP contribution is -2.39. The van der Waals surface area contributed by atoms with Crippen molar-refractivity contribution in [1.82, 2.24) is 5.32 Å². The minimum absolute atomic E-state index is 0.129. The molecule has 7 heteroatoms. The molecule has 0 aliphatic heterocycles. The molecule has 1 rings (SSSR count). The third kappa shape index (κ3) is 9.15. The Morgan fingerprint density at radius 3 is 2.38 bits per heavy atom. The SMILES string of the molecule is CCOC(=O)NC(CN=C(N)Nc1ccc(OC(C)C)cc1)CC(C)C. The van der Waals surface area contributed by atoms with Crippen molar-refractivity contribution >= 4 is 17.7 Å². The van der Waals surface area contributed by atoms with Crippen LogP contribution in [0.3, 0.4) is 0 Å². The summed E-state index contributed by atoms with van der Waals surface area (Å²) in [4.78, 5) is 16.0. The quantitative estimate of drug-likeness (QED) is 0.461. The molecule has 26 heavy (non-hydrogen) atoms. The van der Waals surface area contributed by atoms with Gasteiger partial charge in [-0.2, -0.15) is 0 Å². The van der Waals surface area contributed by atoms with E-state index in [-0.39, 0.29) is 12.1 Å². The minimum Gasteiger partial charge on any atom is -0.491 e. The Labute approximate surface area is 156 Å². The third-order valence-corrected chi connectivity index (χ3v) is 3.33. The molecule has 0 bridgehead atoms. The molecule has 0 heterocycles. The molecule has 1 amide bonds. The van der Waals surface area contributed by atoms with Crippen LogP contribution in [-0.2, 0) is 4.74 Å². The molecule has 0 aliphatic rings. The molecule has 1 atom stereocenters. The second-order valence-electron chi connectivity index (χ2n) is 6.73. The Morgan fingerprint density at radius 1 is 1.19 bits per heavy atom. The van der Waals surface area contributed by atoms with Crippen LogP contribution < -0.4 is 21.1 Å². The number of nitrogens with two attached hydrogens (primary N) is 1. The molecule has 1 aromatic carbocycles. The van der Waals surface area contributed by atoms with E-state index < -0.39 is 6.09 Å². The summed E-state index contributed by atoms with van der Waals surface area (Å²) in [5, 5.41) is 5.86. The Morgan fingerprint density at radius 2 is 1.85 bits per heavy atom. The number of carbonyl (C=O) groups is 1. The number of hydrogen-bond donors (Lipinski definition) is 3. The van der Waals surface area contributed by atoms with E-state index in [9.17, 15) is 4.79 Å². The zero-order valence-electron chi connectivity index (χ0n) is 16.4. The highest BCUT2D eigenvalue weighted by molar-refractivity contribution is 5.92. The highest BCUT2D eigenvalue weighted by atomic mass is 16.5. The minimum atomic E-state index is -0.430. The van der Waals surface area contributed by atoms with E-state index in [1.807, 2.05) is 38.1 Å². The van der Waals surface area contributed by atoms with E-state index in [0.717, 1.165) is 17.9 Å². The fourth-order valence-electron chi connectivity index (χ4n) is 2.37. The number of nitrogens with zero attached hydrogens (tertiary/aromatic N) is 1. The molecule has 0 saturated carbocycles. The van der Waals surface area contributed by atoms with Crippen LogP contribution in [0.5, 0.6) is 5.75 Å². The van der Waals surface area contributed by atoms with Crippen LogP contribution in [0, 0.1) is 5.92 Å². The first-order valence-electron chi connectivity index (χ1n) is 9.07. The van der Waals surface area contributed by atoms with Gasteiger partial charge in [-0.05, 0) is 57.4 Å². The van der Waals surface area contributed by atoms with E-state index in [0.29, 0.717) is 25.0 Å². The number of guanidine groups is 1. The summed E-state index contributed by atoms with van der Waals surface area (Å²) in [7, 11) is 0. The molecule has 4 N–H and O–H groups in total. The Kier molecular flexibility index (Phi) is 9.33. The Hall–Kier alpha value is -2.44. The van der Waals surface area contributed by atoms with Gasteiger partial charge in [-0.3, -0.25) is 4.99 Å². The van der Waals surface area contributed by atoms with Crippen molar-refractivity contribution in [2.24, 2.45) is 16.6 Å². The van der Waals surface area contributed by atoms with Gasteiger partial charge in [0.25, 0.3) is 0 Å². The summed E-state index contributed by atoms with van der Waals surface area (Å²) in [6, 6.07) is 7.38. The van der Waals surface area contributed by atoms with Crippen LogP contribution in [0.2, 0.25) is 0 Å². The number of benzene rings is 1.